The second-order valence-electron chi connectivity index (χ2n) is 4.30. The molecule has 1 N–H and O–H groups in total. The van der Waals surface area contributed by atoms with Crippen LogP contribution < -0.4 is 4.72 Å². The average Bonchev–Trinajstić information content (AvgIpc) is 2.84. The lowest BCUT2D eigenvalue weighted by atomic mass is 10.4. The highest BCUT2D eigenvalue weighted by atomic mass is 35.5. The van der Waals surface area contributed by atoms with Crippen LogP contribution in [0.1, 0.15) is 6.92 Å². The predicted octanol–water partition coefficient (Wildman–Crippen LogP) is 2.56. The number of aromatic nitrogens is 2. The Morgan fingerprint density at radius 2 is 2.10 bits per heavy atom. The summed E-state index contributed by atoms with van der Waals surface area (Å²) >= 11 is 11.8. The van der Waals surface area contributed by atoms with Crippen LogP contribution in [0.2, 0.25) is 10.0 Å². The van der Waals surface area contributed by atoms with Crippen molar-refractivity contribution in [2.75, 3.05) is 0 Å². The molecular weight excluding hydrogens is 321 g/mol. The molecule has 1 unspecified atom stereocenters. The number of rotatable bonds is 5. The van der Waals surface area contributed by atoms with Crippen LogP contribution in [0.3, 0.4) is 0 Å². The van der Waals surface area contributed by atoms with Gasteiger partial charge in [-0.05, 0) is 25.1 Å². The van der Waals surface area contributed by atoms with E-state index < -0.39 is 10.0 Å². The average molecular weight is 334 g/mol. The highest BCUT2D eigenvalue weighted by Gasteiger charge is 2.21. The van der Waals surface area contributed by atoms with E-state index in [9.17, 15) is 8.42 Å². The normalized spacial score (nSPS) is 13.3. The second kappa shape index (κ2) is 6.13. The fourth-order valence-electron chi connectivity index (χ4n) is 1.75. The standard InChI is InChI=1S/C12H13Cl2N3O2S/c1-9(8-17-7-3-6-15-17)16-20(18,19)11-5-2-4-10(13)12(11)14/h2-7,9,16H,8H2,1H3. The van der Waals surface area contributed by atoms with E-state index >= 15 is 0 Å². The summed E-state index contributed by atoms with van der Waals surface area (Å²) in [6, 6.07) is 5.93. The minimum absolute atomic E-state index is 0.0213. The van der Waals surface area contributed by atoms with Gasteiger partial charge in [0.05, 0.1) is 16.6 Å². The molecule has 0 amide bonds. The maximum Gasteiger partial charge on any atom is 0.242 e. The van der Waals surface area contributed by atoms with Crippen molar-refractivity contribution in [3.8, 4) is 0 Å². The van der Waals surface area contributed by atoms with Crippen molar-refractivity contribution in [3.05, 3.63) is 46.7 Å². The zero-order chi connectivity index (χ0) is 14.8. The Morgan fingerprint density at radius 3 is 2.75 bits per heavy atom. The summed E-state index contributed by atoms with van der Waals surface area (Å²) in [4.78, 5) is -0.0287. The molecule has 1 aromatic carbocycles. The van der Waals surface area contributed by atoms with E-state index in [2.05, 4.69) is 9.82 Å². The summed E-state index contributed by atoms with van der Waals surface area (Å²) < 4.78 is 28.7. The first-order valence-corrected chi connectivity index (χ1v) is 8.08. The highest BCUT2D eigenvalue weighted by Crippen LogP contribution is 2.28. The summed E-state index contributed by atoms with van der Waals surface area (Å²) in [5.74, 6) is 0. The SMILES string of the molecule is CC(Cn1cccn1)NS(=O)(=O)c1cccc(Cl)c1Cl. The Labute approximate surface area is 127 Å². The highest BCUT2D eigenvalue weighted by molar-refractivity contribution is 7.89. The molecule has 0 bridgehead atoms. The van der Waals surface area contributed by atoms with Gasteiger partial charge in [-0.25, -0.2) is 13.1 Å². The molecule has 0 spiro atoms. The number of sulfonamides is 1. The maximum atomic E-state index is 12.3. The molecule has 0 aliphatic rings. The molecule has 0 radical (unpaired) electrons. The molecule has 2 rings (SSSR count). The van der Waals surface area contributed by atoms with Gasteiger partial charge in [0.1, 0.15) is 4.90 Å². The molecular formula is C12H13Cl2N3O2S. The fourth-order valence-corrected chi connectivity index (χ4v) is 3.74. The van der Waals surface area contributed by atoms with Crippen molar-refractivity contribution < 1.29 is 8.42 Å². The predicted molar refractivity (Wildman–Crippen MR) is 78.5 cm³/mol. The van der Waals surface area contributed by atoms with Crippen molar-refractivity contribution in [1.82, 2.24) is 14.5 Å². The first-order chi connectivity index (χ1) is 9.40. The molecule has 1 atom stereocenters. The van der Waals surface area contributed by atoms with Gasteiger partial charge in [-0.3, -0.25) is 4.68 Å². The van der Waals surface area contributed by atoms with Gasteiger partial charge < -0.3 is 0 Å². The van der Waals surface area contributed by atoms with E-state index in [-0.39, 0.29) is 21.0 Å². The molecule has 0 fully saturated rings. The quantitative estimate of drug-likeness (QED) is 0.914. The monoisotopic (exact) mass is 333 g/mol. The maximum absolute atomic E-state index is 12.3. The first kappa shape index (κ1) is 15.3. The zero-order valence-electron chi connectivity index (χ0n) is 10.6. The van der Waals surface area contributed by atoms with E-state index in [4.69, 9.17) is 23.2 Å². The Hall–Kier alpha value is -1.08. The summed E-state index contributed by atoms with van der Waals surface area (Å²) in [6.07, 6.45) is 3.40. The molecule has 1 aromatic heterocycles. The Morgan fingerprint density at radius 1 is 1.35 bits per heavy atom. The van der Waals surface area contributed by atoms with Crippen molar-refractivity contribution in [1.29, 1.82) is 0 Å². The molecule has 0 saturated heterocycles. The van der Waals surface area contributed by atoms with Gasteiger partial charge in [-0.1, -0.05) is 29.3 Å². The number of benzene rings is 1. The fraction of sp³-hybridized carbons (Fsp3) is 0.250. The summed E-state index contributed by atoms with van der Waals surface area (Å²) in [7, 11) is -3.72. The number of halogens is 2. The molecule has 0 aliphatic carbocycles. The first-order valence-electron chi connectivity index (χ1n) is 5.84. The largest absolute Gasteiger partial charge is 0.271 e. The minimum atomic E-state index is -3.72. The number of hydrogen-bond donors (Lipinski definition) is 1. The molecule has 1 heterocycles. The zero-order valence-corrected chi connectivity index (χ0v) is 13.0. The second-order valence-corrected chi connectivity index (χ2v) is 6.77. The van der Waals surface area contributed by atoms with Crippen LogP contribution in [-0.4, -0.2) is 24.2 Å². The van der Waals surface area contributed by atoms with Crippen LogP contribution in [0.25, 0.3) is 0 Å². The Balaban J connectivity index is 2.16. The van der Waals surface area contributed by atoms with Gasteiger partial charge in [-0.15, -0.1) is 0 Å². The third-order valence-corrected chi connectivity index (χ3v) is 5.14. The van der Waals surface area contributed by atoms with Crippen LogP contribution in [0, 0.1) is 0 Å². The third-order valence-electron chi connectivity index (χ3n) is 2.58. The topological polar surface area (TPSA) is 64.0 Å². The van der Waals surface area contributed by atoms with Crippen LogP contribution in [0.15, 0.2) is 41.6 Å². The lowest BCUT2D eigenvalue weighted by Crippen LogP contribution is -2.35. The van der Waals surface area contributed by atoms with Gasteiger partial charge in [-0.2, -0.15) is 5.10 Å². The number of hydrogen-bond acceptors (Lipinski definition) is 3. The Kier molecular flexibility index (Phi) is 4.70. The molecule has 5 nitrogen and oxygen atoms in total. The smallest absolute Gasteiger partial charge is 0.242 e. The number of nitrogens with one attached hydrogen (secondary N) is 1. The molecule has 0 saturated carbocycles. The molecule has 0 aliphatic heterocycles. The molecule has 108 valence electrons. The van der Waals surface area contributed by atoms with Crippen molar-refractivity contribution in [3.63, 3.8) is 0 Å². The van der Waals surface area contributed by atoms with Crippen LogP contribution in [0.5, 0.6) is 0 Å². The van der Waals surface area contributed by atoms with Crippen LogP contribution in [-0.2, 0) is 16.6 Å². The molecule has 20 heavy (non-hydrogen) atoms. The van der Waals surface area contributed by atoms with Crippen molar-refractivity contribution in [2.45, 2.75) is 24.4 Å². The van der Waals surface area contributed by atoms with Gasteiger partial charge in [0.25, 0.3) is 0 Å². The van der Waals surface area contributed by atoms with Crippen LogP contribution in [0.4, 0.5) is 0 Å². The van der Waals surface area contributed by atoms with E-state index in [0.29, 0.717) is 6.54 Å². The molecule has 2 aromatic rings. The van der Waals surface area contributed by atoms with Gasteiger partial charge >= 0.3 is 0 Å². The summed E-state index contributed by atoms with van der Waals surface area (Å²) in [5.41, 5.74) is 0. The van der Waals surface area contributed by atoms with E-state index in [1.807, 2.05) is 0 Å². The van der Waals surface area contributed by atoms with Crippen LogP contribution >= 0.6 is 23.2 Å². The lowest BCUT2D eigenvalue weighted by Gasteiger charge is -2.15. The number of nitrogens with zero attached hydrogens (tertiary/aromatic N) is 2. The van der Waals surface area contributed by atoms with Gasteiger partial charge in [0, 0.05) is 18.4 Å². The Bertz CT molecular complexity index is 687. The van der Waals surface area contributed by atoms with E-state index in [1.165, 1.54) is 12.1 Å². The minimum Gasteiger partial charge on any atom is -0.271 e. The lowest BCUT2D eigenvalue weighted by molar-refractivity contribution is 0.494. The van der Waals surface area contributed by atoms with E-state index in [1.54, 1.807) is 36.1 Å². The van der Waals surface area contributed by atoms with Gasteiger partial charge in [0.2, 0.25) is 10.0 Å². The third kappa shape index (κ3) is 3.52. The van der Waals surface area contributed by atoms with Gasteiger partial charge in [0.15, 0.2) is 0 Å². The van der Waals surface area contributed by atoms with E-state index in [0.717, 1.165) is 0 Å². The summed E-state index contributed by atoms with van der Waals surface area (Å²) in [5, 5.41) is 4.25. The summed E-state index contributed by atoms with van der Waals surface area (Å²) in [6.45, 7) is 2.17. The molecule has 8 heteroatoms. The van der Waals surface area contributed by atoms with Crippen molar-refractivity contribution in [2.24, 2.45) is 0 Å². The van der Waals surface area contributed by atoms with Crippen molar-refractivity contribution >= 4 is 33.2 Å².